The van der Waals surface area contributed by atoms with Gasteiger partial charge in [-0.3, -0.25) is 4.79 Å². The van der Waals surface area contributed by atoms with Crippen LogP contribution < -0.4 is 5.32 Å². The molecule has 0 spiro atoms. The van der Waals surface area contributed by atoms with E-state index in [9.17, 15) is 4.79 Å². The van der Waals surface area contributed by atoms with E-state index >= 15 is 0 Å². The first-order chi connectivity index (χ1) is 8.56. The second-order valence-electron chi connectivity index (χ2n) is 5.06. The number of carbonyl (C=O) groups is 1. The van der Waals surface area contributed by atoms with E-state index in [0.29, 0.717) is 16.0 Å². The molecule has 2 rings (SSSR count). The van der Waals surface area contributed by atoms with Gasteiger partial charge in [-0.25, -0.2) is 0 Å². The summed E-state index contributed by atoms with van der Waals surface area (Å²) in [7, 11) is 0. The zero-order valence-corrected chi connectivity index (χ0v) is 12.8. The molecule has 0 aliphatic heterocycles. The summed E-state index contributed by atoms with van der Waals surface area (Å²) in [4.78, 5) is 12.0. The monoisotopic (exact) mass is 329 g/mol. The summed E-state index contributed by atoms with van der Waals surface area (Å²) >= 11 is 9.24. The minimum atomic E-state index is -0.0188. The van der Waals surface area contributed by atoms with E-state index in [4.69, 9.17) is 11.6 Å². The van der Waals surface area contributed by atoms with Crippen molar-refractivity contribution in [3.63, 3.8) is 0 Å². The van der Waals surface area contributed by atoms with Crippen LogP contribution in [0.3, 0.4) is 0 Å². The molecule has 1 amide bonds. The van der Waals surface area contributed by atoms with E-state index in [1.807, 2.05) is 0 Å². The van der Waals surface area contributed by atoms with Gasteiger partial charge in [-0.05, 0) is 58.8 Å². The highest BCUT2D eigenvalue weighted by molar-refractivity contribution is 9.10. The van der Waals surface area contributed by atoms with E-state index in [0.717, 1.165) is 11.0 Å². The maximum atomic E-state index is 12.0. The van der Waals surface area contributed by atoms with Crippen LogP contribution in [0.15, 0.2) is 22.7 Å². The highest BCUT2D eigenvalue weighted by Gasteiger charge is 2.41. The molecule has 0 heterocycles. The fraction of sp³-hybridized carbons (Fsp3) is 0.500. The van der Waals surface area contributed by atoms with Crippen molar-refractivity contribution in [2.45, 2.75) is 32.6 Å². The van der Waals surface area contributed by atoms with Crippen LogP contribution in [0.2, 0.25) is 5.02 Å². The number of rotatable bonds is 5. The lowest BCUT2D eigenvalue weighted by Crippen LogP contribution is -2.30. The van der Waals surface area contributed by atoms with Crippen molar-refractivity contribution in [2.75, 3.05) is 6.54 Å². The summed E-state index contributed by atoms with van der Waals surface area (Å²) in [5.74, 6) is -0.0188. The standard InChI is InChI=1S/C14H17BrClNO/c1-2-5-14(6-7-14)9-17-13(18)10-3-4-12(16)11(15)8-10/h3-4,8H,2,5-7,9H2,1H3,(H,17,18). The predicted molar refractivity (Wildman–Crippen MR) is 78.1 cm³/mol. The topological polar surface area (TPSA) is 29.1 Å². The van der Waals surface area contributed by atoms with Crippen molar-refractivity contribution >= 4 is 33.4 Å². The highest BCUT2D eigenvalue weighted by Crippen LogP contribution is 2.48. The van der Waals surface area contributed by atoms with E-state index in [1.54, 1.807) is 18.2 Å². The third-order valence-corrected chi connectivity index (χ3v) is 4.76. The normalized spacial score (nSPS) is 16.4. The van der Waals surface area contributed by atoms with Gasteiger partial charge in [0.1, 0.15) is 0 Å². The molecule has 1 aromatic carbocycles. The summed E-state index contributed by atoms with van der Waals surface area (Å²) < 4.78 is 0.756. The Bertz CT molecular complexity index is 457. The molecule has 0 bridgehead atoms. The molecule has 98 valence electrons. The third kappa shape index (κ3) is 3.27. The molecule has 1 aliphatic carbocycles. The second kappa shape index (κ2) is 5.62. The van der Waals surface area contributed by atoms with Gasteiger partial charge in [-0.1, -0.05) is 24.9 Å². The van der Waals surface area contributed by atoms with Crippen molar-refractivity contribution in [3.8, 4) is 0 Å². The van der Waals surface area contributed by atoms with E-state index in [-0.39, 0.29) is 5.91 Å². The number of benzene rings is 1. The zero-order valence-electron chi connectivity index (χ0n) is 10.4. The molecular weight excluding hydrogens is 314 g/mol. The number of hydrogen-bond donors (Lipinski definition) is 1. The summed E-state index contributed by atoms with van der Waals surface area (Å²) in [6.45, 7) is 2.98. The van der Waals surface area contributed by atoms with E-state index in [2.05, 4.69) is 28.2 Å². The third-order valence-electron chi connectivity index (χ3n) is 3.54. The largest absolute Gasteiger partial charge is 0.351 e. The average Bonchev–Trinajstić information content (AvgIpc) is 3.11. The zero-order chi connectivity index (χ0) is 13.2. The fourth-order valence-corrected chi connectivity index (χ4v) is 2.73. The summed E-state index contributed by atoms with van der Waals surface area (Å²) in [6, 6.07) is 5.25. The maximum Gasteiger partial charge on any atom is 0.251 e. The van der Waals surface area contributed by atoms with Gasteiger partial charge in [0.2, 0.25) is 0 Å². The van der Waals surface area contributed by atoms with Crippen molar-refractivity contribution in [3.05, 3.63) is 33.3 Å². The van der Waals surface area contributed by atoms with Crippen LogP contribution in [0.25, 0.3) is 0 Å². The van der Waals surface area contributed by atoms with Crippen LogP contribution >= 0.6 is 27.5 Å². The number of hydrogen-bond acceptors (Lipinski definition) is 1. The van der Waals surface area contributed by atoms with Crippen molar-refractivity contribution in [1.82, 2.24) is 5.32 Å². The van der Waals surface area contributed by atoms with Crippen LogP contribution in [0.5, 0.6) is 0 Å². The lowest BCUT2D eigenvalue weighted by molar-refractivity contribution is 0.0943. The van der Waals surface area contributed by atoms with Gasteiger partial charge in [0.15, 0.2) is 0 Å². The van der Waals surface area contributed by atoms with Crippen molar-refractivity contribution in [2.24, 2.45) is 5.41 Å². The average molecular weight is 331 g/mol. The summed E-state index contributed by atoms with van der Waals surface area (Å²) in [5.41, 5.74) is 1.03. The summed E-state index contributed by atoms with van der Waals surface area (Å²) in [6.07, 6.45) is 4.87. The number of halogens is 2. The van der Waals surface area contributed by atoms with Gasteiger partial charge < -0.3 is 5.32 Å². The molecule has 1 saturated carbocycles. The lowest BCUT2D eigenvalue weighted by atomic mass is 10.0. The van der Waals surface area contributed by atoms with Crippen LogP contribution in [0.1, 0.15) is 43.0 Å². The van der Waals surface area contributed by atoms with Crippen LogP contribution in [0, 0.1) is 5.41 Å². The van der Waals surface area contributed by atoms with E-state index in [1.165, 1.54) is 25.7 Å². The van der Waals surface area contributed by atoms with Gasteiger partial charge in [0.25, 0.3) is 5.91 Å². The maximum absolute atomic E-state index is 12.0. The Kier molecular flexibility index (Phi) is 4.33. The van der Waals surface area contributed by atoms with Crippen molar-refractivity contribution < 1.29 is 4.79 Å². The van der Waals surface area contributed by atoms with Crippen LogP contribution in [0.4, 0.5) is 0 Å². The molecule has 1 N–H and O–H groups in total. The first kappa shape index (κ1) is 13.9. The van der Waals surface area contributed by atoms with Gasteiger partial charge in [-0.2, -0.15) is 0 Å². The first-order valence-corrected chi connectivity index (χ1v) is 7.47. The first-order valence-electron chi connectivity index (χ1n) is 6.29. The molecular formula is C14H17BrClNO. The van der Waals surface area contributed by atoms with E-state index < -0.39 is 0 Å². The van der Waals surface area contributed by atoms with Crippen LogP contribution in [-0.2, 0) is 0 Å². The summed E-state index contributed by atoms with van der Waals surface area (Å²) in [5, 5.41) is 3.65. The fourth-order valence-electron chi connectivity index (χ4n) is 2.23. The number of nitrogens with one attached hydrogen (secondary N) is 1. The smallest absolute Gasteiger partial charge is 0.251 e. The Balaban J connectivity index is 1.93. The minimum absolute atomic E-state index is 0.0188. The Labute approximate surface area is 121 Å². The molecule has 0 atom stereocenters. The number of carbonyl (C=O) groups excluding carboxylic acids is 1. The molecule has 1 aromatic rings. The van der Waals surface area contributed by atoms with Crippen LogP contribution in [-0.4, -0.2) is 12.5 Å². The Hall–Kier alpha value is -0.540. The van der Waals surface area contributed by atoms with Gasteiger partial charge in [0.05, 0.1) is 5.02 Å². The molecule has 4 heteroatoms. The molecule has 0 unspecified atom stereocenters. The highest BCUT2D eigenvalue weighted by atomic mass is 79.9. The minimum Gasteiger partial charge on any atom is -0.351 e. The van der Waals surface area contributed by atoms with Gasteiger partial charge in [0, 0.05) is 16.6 Å². The molecule has 0 radical (unpaired) electrons. The molecule has 1 aliphatic rings. The van der Waals surface area contributed by atoms with Crippen molar-refractivity contribution in [1.29, 1.82) is 0 Å². The van der Waals surface area contributed by atoms with Gasteiger partial charge >= 0.3 is 0 Å². The predicted octanol–water partition coefficient (Wildman–Crippen LogP) is 4.41. The molecule has 0 aromatic heterocycles. The quantitative estimate of drug-likeness (QED) is 0.851. The Morgan fingerprint density at radius 3 is 2.78 bits per heavy atom. The lowest BCUT2D eigenvalue weighted by Gasteiger charge is -2.15. The second-order valence-corrected chi connectivity index (χ2v) is 6.32. The SMILES string of the molecule is CCCC1(CNC(=O)c2ccc(Cl)c(Br)c2)CC1. The van der Waals surface area contributed by atoms with Gasteiger partial charge in [-0.15, -0.1) is 0 Å². The molecule has 2 nitrogen and oxygen atoms in total. The molecule has 0 saturated heterocycles. The Morgan fingerprint density at radius 2 is 2.22 bits per heavy atom. The number of amides is 1. The molecule has 18 heavy (non-hydrogen) atoms. The molecule has 1 fully saturated rings. The Morgan fingerprint density at radius 1 is 1.50 bits per heavy atom.